The van der Waals surface area contributed by atoms with Gasteiger partial charge >= 0.3 is 0 Å². The molecule has 16 heavy (non-hydrogen) atoms. The quantitative estimate of drug-likeness (QED) is 0.616. The van der Waals surface area contributed by atoms with Gasteiger partial charge in [0.1, 0.15) is 18.5 Å². The van der Waals surface area contributed by atoms with E-state index in [0.717, 1.165) is 0 Å². The maximum absolute atomic E-state index is 10.00. The monoisotopic (exact) mass is 214 g/mol. The van der Waals surface area contributed by atoms with Crippen LogP contribution in [0.5, 0.6) is 5.75 Å². The molecule has 2 nitrogen and oxygen atoms in total. The Kier molecular flexibility index (Phi) is 4.42. The second-order valence-corrected chi connectivity index (χ2v) is 3.29. The molecule has 1 aromatic carbocycles. The molecule has 1 aromatic rings. The average Bonchev–Trinajstić information content (AvgIpc) is 2.34. The minimum absolute atomic E-state index is 0.181. The molecule has 0 bridgehead atoms. The zero-order valence-corrected chi connectivity index (χ0v) is 9.23. The van der Waals surface area contributed by atoms with Crippen LogP contribution in [0.2, 0.25) is 0 Å². The molecule has 0 heterocycles. The Morgan fingerprint density at radius 3 is 2.88 bits per heavy atom. The van der Waals surface area contributed by atoms with Crippen LogP contribution in [0.1, 0.15) is 18.6 Å². The number of ether oxygens (including phenoxy) is 1. The lowest BCUT2D eigenvalue weighted by Crippen LogP contribution is -2.03. The smallest absolute Gasteiger partial charge is 0.148 e. The Hall–Kier alpha value is -1.94. The van der Waals surface area contributed by atoms with E-state index in [-0.39, 0.29) is 6.61 Å². The highest BCUT2D eigenvalue weighted by molar-refractivity contribution is 5.38. The van der Waals surface area contributed by atoms with Gasteiger partial charge in [-0.3, -0.25) is 0 Å². The summed E-state index contributed by atoms with van der Waals surface area (Å²) in [6.45, 7) is 5.44. The number of rotatable bonds is 4. The summed E-state index contributed by atoms with van der Waals surface area (Å²) in [6.07, 6.45) is 4.37. The molecule has 0 aliphatic heterocycles. The fourth-order valence-corrected chi connectivity index (χ4v) is 1.29. The molecule has 0 aliphatic rings. The number of benzene rings is 1. The summed E-state index contributed by atoms with van der Waals surface area (Å²) in [5.74, 6) is 2.97. The van der Waals surface area contributed by atoms with Gasteiger partial charge in [0.15, 0.2) is 0 Å². The summed E-state index contributed by atoms with van der Waals surface area (Å²) in [6, 6.07) is 7.22. The van der Waals surface area contributed by atoms with Crippen LogP contribution in [0.3, 0.4) is 0 Å². The van der Waals surface area contributed by atoms with Crippen molar-refractivity contribution < 1.29 is 9.84 Å². The highest BCUT2D eigenvalue weighted by Crippen LogP contribution is 2.28. The van der Waals surface area contributed by atoms with E-state index in [0.29, 0.717) is 16.9 Å². The number of aliphatic hydroxyl groups excluding tert-OH is 1. The molecule has 0 fully saturated rings. The van der Waals surface area contributed by atoms with Gasteiger partial charge < -0.3 is 9.84 Å². The van der Waals surface area contributed by atoms with Gasteiger partial charge in [-0.1, -0.05) is 30.7 Å². The Morgan fingerprint density at radius 2 is 2.25 bits per heavy atom. The van der Waals surface area contributed by atoms with Crippen molar-refractivity contribution in [2.75, 3.05) is 6.61 Å². The normalized spacial score (nSPS) is 11.1. The zero-order valence-electron chi connectivity index (χ0n) is 9.23. The van der Waals surface area contributed by atoms with E-state index >= 15 is 0 Å². The molecule has 0 saturated heterocycles. The molecule has 1 N–H and O–H groups in total. The lowest BCUT2D eigenvalue weighted by Gasteiger charge is -2.14. The zero-order chi connectivity index (χ0) is 12.0. The van der Waals surface area contributed by atoms with E-state index in [1.165, 1.54) is 0 Å². The van der Waals surface area contributed by atoms with Crippen LogP contribution >= 0.6 is 0 Å². The fraction of sp³-hybridized carbons (Fsp3) is 0.214. The lowest BCUT2D eigenvalue weighted by molar-refractivity contribution is 0.209. The van der Waals surface area contributed by atoms with Crippen LogP contribution in [0.15, 0.2) is 42.1 Å². The van der Waals surface area contributed by atoms with E-state index in [9.17, 15) is 5.11 Å². The first kappa shape index (κ1) is 12.1. The van der Waals surface area contributed by atoms with Crippen LogP contribution in [-0.2, 0) is 0 Å². The van der Waals surface area contributed by atoms with E-state index in [4.69, 9.17) is 11.2 Å². The van der Waals surface area contributed by atoms with Crippen molar-refractivity contribution >= 4 is 0 Å². The van der Waals surface area contributed by atoms with Gasteiger partial charge in [0.05, 0.1) is 0 Å². The van der Waals surface area contributed by atoms with Crippen LogP contribution in [-0.4, -0.2) is 11.7 Å². The molecule has 82 valence electrons. The van der Waals surface area contributed by atoms with E-state index < -0.39 is 6.10 Å². The van der Waals surface area contributed by atoms with Crippen LogP contribution < -0.4 is 4.74 Å². The van der Waals surface area contributed by atoms with Gasteiger partial charge in [0.25, 0.3) is 0 Å². The topological polar surface area (TPSA) is 29.5 Å². The van der Waals surface area contributed by atoms with Crippen molar-refractivity contribution in [3.05, 3.63) is 47.7 Å². The summed E-state index contributed by atoms with van der Waals surface area (Å²) in [5, 5.41) is 10.00. The first-order chi connectivity index (χ1) is 7.70. The second kappa shape index (κ2) is 5.82. The highest BCUT2D eigenvalue weighted by Gasteiger charge is 2.14. The third-order valence-corrected chi connectivity index (χ3v) is 2.21. The number of para-hydroxylation sites is 1. The van der Waals surface area contributed by atoms with Crippen LogP contribution in [0.4, 0.5) is 0 Å². The number of hydrogen-bond acceptors (Lipinski definition) is 2. The molecule has 1 rings (SSSR count). The van der Waals surface area contributed by atoms with E-state index in [1.54, 1.807) is 19.1 Å². The van der Waals surface area contributed by atoms with Gasteiger partial charge in [-0.15, -0.1) is 12.2 Å². The van der Waals surface area contributed by atoms with Gasteiger partial charge in [0, 0.05) is 11.1 Å². The van der Waals surface area contributed by atoms with Crippen molar-refractivity contribution in [2.24, 2.45) is 0 Å². The summed E-state index contributed by atoms with van der Waals surface area (Å²) >= 11 is 0. The molecule has 0 radical (unpaired) electrons. The molecule has 0 spiro atoms. The van der Waals surface area contributed by atoms with Gasteiger partial charge in [-0.25, -0.2) is 0 Å². The molecule has 0 saturated carbocycles. The summed E-state index contributed by atoms with van der Waals surface area (Å²) in [4.78, 5) is 0. The molecule has 0 aliphatic carbocycles. The number of aliphatic hydroxyl groups is 1. The highest BCUT2D eigenvalue weighted by atomic mass is 16.5. The van der Waals surface area contributed by atoms with Crippen molar-refractivity contribution in [3.63, 3.8) is 0 Å². The standard InChI is InChI=1S/C14H14O2/c1-4-10-16-13-9-7-6-8-12(13)14(15)11(3)5-2/h1,6-9,14-15H,2,10H2,3H3. The van der Waals surface area contributed by atoms with E-state index in [1.807, 2.05) is 12.1 Å². The van der Waals surface area contributed by atoms with Gasteiger partial charge in [-0.05, 0) is 13.0 Å². The SMILES string of the molecule is C#CCOc1ccccc1C(O)C(C)=C=C. The maximum Gasteiger partial charge on any atom is 0.148 e. The number of terminal acetylenes is 1. The van der Waals surface area contributed by atoms with Gasteiger partial charge in [-0.2, -0.15) is 0 Å². The largest absolute Gasteiger partial charge is 0.481 e. The first-order valence-electron chi connectivity index (χ1n) is 4.90. The minimum atomic E-state index is -0.758. The van der Waals surface area contributed by atoms with Crippen LogP contribution in [0.25, 0.3) is 0 Å². The number of hydrogen-bond donors (Lipinski definition) is 1. The summed E-state index contributed by atoms with van der Waals surface area (Å²) in [7, 11) is 0. The fourth-order valence-electron chi connectivity index (χ4n) is 1.29. The van der Waals surface area contributed by atoms with Crippen molar-refractivity contribution in [3.8, 4) is 18.1 Å². The second-order valence-electron chi connectivity index (χ2n) is 3.29. The Morgan fingerprint density at radius 1 is 1.56 bits per heavy atom. The minimum Gasteiger partial charge on any atom is -0.481 e. The third kappa shape index (κ3) is 2.77. The van der Waals surface area contributed by atoms with Gasteiger partial charge in [0.2, 0.25) is 0 Å². The molecule has 1 unspecified atom stereocenters. The molecule has 2 heteroatoms. The van der Waals surface area contributed by atoms with E-state index in [2.05, 4.69) is 18.2 Å². The molecule has 0 aromatic heterocycles. The molecular weight excluding hydrogens is 200 g/mol. The first-order valence-corrected chi connectivity index (χ1v) is 4.90. The lowest BCUT2D eigenvalue weighted by atomic mass is 10.0. The van der Waals surface area contributed by atoms with Crippen LogP contribution in [0, 0.1) is 12.3 Å². The predicted octanol–water partition coefficient (Wildman–Crippen LogP) is 2.46. The molecule has 0 amide bonds. The molecule has 1 atom stereocenters. The third-order valence-electron chi connectivity index (χ3n) is 2.21. The summed E-state index contributed by atoms with van der Waals surface area (Å²) in [5.41, 5.74) is 3.99. The summed E-state index contributed by atoms with van der Waals surface area (Å²) < 4.78 is 5.34. The predicted molar refractivity (Wildman–Crippen MR) is 64.1 cm³/mol. The molecular formula is C14H14O2. The Labute approximate surface area is 95.9 Å². The van der Waals surface area contributed by atoms with Crippen molar-refractivity contribution in [2.45, 2.75) is 13.0 Å². The van der Waals surface area contributed by atoms with Crippen molar-refractivity contribution in [1.82, 2.24) is 0 Å². The van der Waals surface area contributed by atoms with Crippen molar-refractivity contribution in [1.29, 1.82) is 0 Å². The average molecular weight is 214 g/mol. The Balaban J connectivity index is 3.03. The Bertz CT molecular complexity index is 448. The maximum atomic E-state index is 10.00.